The van der Waals surface area contributed by atoms with Crippen LogP contribution in [-0.4, -0.2) is 23.0 Å². The molecule has 124 valence electrons. The van der Waals surface area contributed by atoms with Gasteiger partial charge in [0.15, 0.2) is 11.5 Å². The number of aromatic nitrogens is 1. The van der Waals surface area contributed by atoms with Crippen LogP contribution in [0.4, 0.5) is 0 Å². The molecule has 0 bridgehead atoms. The van der Waals surface area contributed by atoms with Crippen molar-refractivity contribution in [3.63, 3.8) is 0 Å². The minimum absolute atomic E-state index is 0.362. The number of rotatable bonds is 3. The Morgan fingerprint density at radius 2 is 1.96 bits per heavy atom. The summed E-state index contributed by atoms with van der Waals surface area (Å²) in [6.45, 7) is 4.36. The summed E-state index contributed by atoms with van der Waals surface area (Å²) in [5.74, 6) is 1.24. The molecule has 0 aliphatic carbocycles. The van der Waals surface area contributed by atoms with E-state index < -0.39 is 0 Å². The normalized spacial score (nSPS) is 20.3. The molecule has 4 heteroatoms. The lowest BCUT2D eigenvalue weighted by atomic mass is 9.95. The van der Waals surface area contributed by atoms with Crippen molar-refractivity contribution >= 4 is 22.7 Å². The molecule has 2 unspecified atom stereocenters. The summed E-state index contributed by atoms with van der Waals surface area (Å²) in [5.41, 5.74) is 3.14. The van der Waals surface area contributed by atoms with Gasteiger partial charge in [-0.05, 0) is 56.1 Å². The summed E-state index contributed by atoms with van der Waals surface area (Å²) in [4.78, 5) is 7.22. The number of para-hydroxylation sites is 2. The molecule has 0 N–H and O–H groups in total. The molecule has 0 amide bonds. The standard InChI is InChI=1S/C20H21ClN2O/c1-14(15-8-10-17(21)11-9-15)23-12-4-5-16(13-23)20-22-18-6-2-3-7-19(18)24-20/h2-3,6-11,14,16H,4-5,12-13H2,1H3. The largest absolute Gasteiger partial charge is 0.440 e. The molecule has 1 saturated heterocycles. The van der Waals surface area contributed by atoms with Gasteiger partial charge in [-0.2, -0.15) is 0 Å². The Kier molecular flexibility index (Phi) is 4.30. The van der Waals surface area contributed by atoms with Gasteiger partial charge >= 0.3 is 0 Å². The molecular weight excluding hydrogens is 320 g/mol. The lowest BCUT2D eigenvalue weighted by Gasteiger charge is -2.36. The van der Waals surface area contributed by atoms with E-state index in [1.54, 1.807) is 0 Å². The fraction of sp³-hybridized carbons (Fsp3) is 0.350. The summed E-state index contributed by atoms with van der Waals surface area (Å²) >= 11 is 6.01. The lowest BCUT2D eigenvalue weighted by molar-refractivity contribution is 0.149. The highest BCUT2D eigenvalue weighted by atomic mass is 35.5. The quantitative estimate of drug-likeness (QED) is 0.637. The summed E-state index contributed by atoms with van der Waals surface area (Å²) in [6, 6.07) is 16.5. The molecule has 0 saturated carbocycles. The zero-order valence-corrected chi connectivity index (χ0v) is 14.5. The molecule has 1 fully saturated rings. The minimum Gasteiger partial charge on any atom is -0.440 e. The molecule has 2 heterocycles. The van der Waals surface area contributed by atoms with Crippen LogP contribution in [0.2, 0.25) is 5.02 Å². The van der Waals surface area contributed by atoms with Crippen molar-refractivity contribution in [1.29, 1.82) is 0 Å². The molecule has 2 aromatic carbocycles. The van der Waals surface area contributed by atoms with Crippen LogP contribution in [0.5, 0.6) is 0 Å². The third kappa shape index (κ3) is 3.06. The van der Waals surface area contributed by atoms with Crippen molar-refractivity contribution < 1.29 is 4.42 Å². The maximum atomic E-state index is 6.01. The van der Waals surface area contributed by atoms with E-state index in [4.69, 9.17) is 21.0 Å². The van der Waals surface area contributed by atoms with Crippen LogP contribution in [0.25, 0.3) is 11.1 Å². The number of halogens is 1. The molecule has 4 rings (SSSR count). The third-order valence-corrected chi connectivity index (χ3v) is 5.26. The minimum atomic E-state index is 0.362. The second kappa shape index (κ2) is 6.58. The number of oxazole rings is 1. The summed E-state index contributed by atoms with van der Waals surface area (Å²) in [5, 5.41) is 0.786. The van der Waals surface area contributed by atoms with E-state index in [0.29, 0.717) is 12.0 Å². The van der Waals surface area contributed by atoms with E-state index in [9.17, 15) is 0 Å². The zero-order valence-electron chi connectivity index (χ0n) is 13.8. The summed E-state index contributed by atoms with van der Waals surface area (Å²) in [7, 11) is 0. The number of benzene rings is 2. The van der Waals surface area contributed by atoms with Crippen molar-refractivity contribution in [2.45, 2.75) is 31.7 Å². The Balaban J connectivity index is 1.53. The van der Waals surface area contributed by atoms with Crippen LogP contribution in [0.1, 0.15) is 43.2 Å². The zero-order chi connectivity index (χ0) is 16.5. The van der Waals surface area contributed by atoms with Crippen molar-refractivity contribution in [3.05, 3.63) is 65.0 Å². The van der Waals surface area contributed by atoms with Gasteiger partial charge in [-0.25, -0.2) is 4.98 Å². The molecule has 2 atom stereocenters. The number of hydrogen-bond donors (Lipinski definition) is 0. The van der Waals surface area contributed by atoms with Gasteiger partial charge in [-0.3, -0.25) is 4.90 Å². The Bertz CT molecular complexity index is 794. The monoisotopic (exact) mass is 340 g/mol. The fourth-order valence-electron chi connectivity index (χ4n) is 3.58. The third-order valence-electron chi connectivity index (χ3n) is 5.01. The molecule has 3 nitrogen and oxygen atoms in total. The molecule has 24 heavy (non-hydrogen) atoms. The van der Waals surface area contributed by atoms with Crippen molar-refractivity contribution in [2.24, 2.45) is 0 Å². The Hall–Kier alpha value is -1.84. The molecular formula is C20H21ClN2O. The molecule has 0 radical (unpaired) electrons. The highest BCUT2D eigenvalue weighted by Gasteiger charge is 2.28. The average Bonchev–Trinajstić information content (AvgIpc) is 3.06. The molecule has 0 spiro atoms. The van der Waals surface area contributed by atoms with E-state index in [1.807, 2.05) is 36.4 Å². The van der Waals surface area contributed by atoms with E-state index in [0.717, 1.165) is 41.5 Å². The number of hydrogen-bond acceptors (Lipinski definition) is 3. The SMILES string of the molecule is CC(c1ccc(Cl)cc1)N1CCCC(c2nc3ccccc3o2)C1. The van der Waals surface area contributed by atoms with Gasteiger partial charge in [0.05, 0.1) is 0 Å². The average molecular weight is 341 g/mol. The molecule has 1 aliphatic heterocycles. The van der Waals surface area contributed by atoms with Crippen LogP contribution in [0.3, 0.4) is 0 Å². The highest BCUT2D eigenvalue weighted by Crippen LogP contribution is 2.33. The smallest absolute Gasteiger partial charge is 0.199 e. The van der Waals surface area contributed by atoms with E-state index in [1.165, 1.54) is 12.0 Å². The van der Waals surface area contributed by atoms with Gasteiger partial charge in [0.1, 0.15) is 5.52 Å². The molecule has 1 aliphatic rings. The maximum absolute atomic E-state index is 6.01. The predicted molar refractivity (Wildman–Crippen MR) is 97.4 cm³/mol. The molecule has 1 aromatic heterocycles. The number of likely N-dealkylation sites (tertiary alicyclic amines) is 1. The summed E-state index contributed by atoms with van der Waals surface area (Å²) in [6.07, 6.45) is 2.30. The first-order chi connectivity index (χ1) is 11.7. The second-order valence-electron chi connectivity index (χ2n) is 6.58. The van der Waals surface area contributed by atoms with Gasteiger partial charge in [-0.15, -0.1) is 0 Å². The highest BCUT2D eigenvalue weighted by molar-refractivity contribution is 6.30. The van der Waals surface area contributed by atoms with Crippen molar-refractivity contribution in [3.8, 4) is 0 Å². The molecule has 3 aromatic rings. The Labute approximate surface area is 147 Å². The second-order valence-corrected chi connectivity index (χ2v) is 7.02. The van der Waals surface area contributed by atoms with Gasteiger partial charge in [-0.1, -0.05) is 35.9 Å². The first-order valence-electron chi connectivity index (χ1n) is 8.56. The number of piperidine rings is 1. The maximum Gasteiger partial charge on any atom is 0.199 e. The van der Waals surface area contributed by atoms with E-state index >= 15 is 0 Å². The van der Waals surface area contributed by atoms with Crippen LogP contribution in [-0.2, 0) is 0 Å². The predicted octanol–water partition coefficient (Wildman–Crippen LogP) is 5.42. The van der Waals surface area contributed by atoms with E-state index in [-0.39, 0.29) is 0 Å². The first-order valence-corrected chi connectivity index (χ1v) is 8.93. The van der Waals surface area contributed by atoms with Crippen molar-refractivity contribution in [2.75, 3.05) is 13.1 Å². The van der Waals surface area contributed by atoms with Gasteiger partial charge in [0.2, 0.25) is 0 Å². The van der Waals surface area contributed by atoms with Crippen LogP contribution < -0.4 is 0 Å². The van der Waals surface area contributed by atoms with Crippen LogP contribution >= 0.6 is 11.6 Å². The number of fused-ring (bicyclic) bond motifs is 1. The van der Waals surface area contributed by atoms with Crippen LogP contribution in [0.15, 0.2) is 52.9 Å². The lowest BCUT2D eigenvalue weighted by Crippen LogP contribution is -2.36. The van der Waals surface area contributed by atoms with Gasteiger partial charge in [0, 0.05) is 23.5 Å². The van der Waals surface area contributed by atoms with Gasteiger partial charge < -0.3 is 4.42 Å². The van der Waals surface area contributed by atoms with E-state index in [2.05, 4.69) is 24.0 Å². The van der Waals surface area contributed by atoms with Gasteiger partial charge in [0.25, 0.3) is 0 Å². The summed E-state index contributed by atoms with van der Waals surface area (Å²) < 4.78 is 6.00. The topological polar surface area (TPSA) is 29.3 Å². The fourth-order valence-corrected chi connectivity index (χ4v) is 3.70. The van der Waals surface area contributed by atoms with Crippen molar-refractivity contribution in [1.82, 2.24) is 9.88 Å². The number of nitrogens with zero attached hydrogens (tertiary/aromatic N) is 2. The Morgan fingerprint density at radius 1 is 1.17 bits per heavy atom. The van der Waals surface area contributed by atoms with Crippen LogP contribution in [0, 0.1) is 0 Å². The first kappa shape index (κ1) is 15.7. The Morgan fingerprint density at radius 3 is 2.75 bits per heavy atom.